The molecule has 1 amide bonds. The van der Waals surface area contributed by atoms with Crippen LogP contribution in [0.5, 0.6) is 0 Å². The van der Waals surface area contributed by atoms with E-state index in [1.54, 1.807) is 6.92 Å². The summed E-state index contributed by atoms with van der Waals surface area (Å²) in [6.45, 7) is 3.54. The van der Waals surface area contributed by atoms with Crippen LogP contribution in [0, 0.1) is 0 Å². The first-order chi connectivity index (χ1) is 10.7. The van der Waals surface area contributed by atoms with Crippen molar-refractivity contribution < 1.29 is 23.9 Å². The Morgan fingerprint density at radius 1 is 1.09 bits per heavy atom. The Bertz CT molecular complexity index is 576. The summed E-state index contributed by atoms with van der Waals surface area (Å²) in [6.07, 6.45) is 1.25. The number of hydrogen-bond acceptors (Lipinski definition) is 6. The van der Waals surface area contributed by atoms with Crippen molar-refractivity contribution in [1.82, 2.24) is 0 Å². The Balaban J connectivity index is 3.17. The minimum Gasteiger partial charge on any atom is -0.465 e. The van der Waals surface area contributed by atoms with Gasteiger partial charge in [-0.05, 0) is 31.5 Å². The number of nitrogens with one attached hydrogen (secondary N) is 1. The molecule has 0 fully saturated rings. The van der Waals surface area contributed by atoms with Gasteiger partial charge in [-0.3, -0.25) is 4.79 Å². The molecule has 0 aliphatic carbocycles. The minimum atomic E-state index is -1.05. The van der Waals surface area contributed by atoms with Gasteiger partial charge in [-0.15, -0.1) is 0 Å². The van der Waals surface area contributed by atoms with Gasteiger partial charge >= 0.3 is 11.9 Å². The van der Waals surface area contributed by atoms with Crippen molar-refractivity contribution in [2.45, 2.75) is 32.2 Å². The summed E-state index contributed by atoms with van der Waals surface area (Å²) >= 11 is 0. The number of methoxy groups -OCH3 is 2. The molecule has 3 N–H and O–H groups in total. The van der Waals surface area contributed by atoms with Gasteiger partial charge in [-0.2, -0.15) is 0 Å². The van der Waals surface area contributed by atoms with E-state index in [-0.39, 0.29) is 16.8 Å². The van der Waals surface area contributed by atoms with E-state index in [2.05, 4.69) is 14.8 Å². The lowest BCUT2D eigenvalue weighted by Gasteiger charge is -2.23. The summed E-state index contributed by atoms with van der Waals surface area (Å²) in [7, 11) is 2.45. The Hall–Kier alpha value is -2.41. The third-order valence-corrected chi connectivity index (χ3v) is 3.32. The maximum atomic E-state index is 12.3. The zero-order valence-corrected chi connectivity index (χ0v) is 13.8. The monoisotopic (exact) mass is 322 g/mol. The van der Waals surface area contributed by atoms with Gasteiger partial charge in [0.15, 0.2) is 0 Å². The van der Waals surface area contributed by atoms with Gasteiger partial charge in [0.25, 0.3) is 0 Å². The molecule has 0 bridgehead atoms. The Kier molecular flexibility index (Phi) is 6.27. The molecule has 0 saturated carbocycles. The standard InChI is InChI=1S/C16H22N2O5/c1-5-6-16(2,17)15(21)18-12-8-10(13(19)22-3)7-11(9-12)14(20)23-4/h7-9H,5-6,17H2,1-4H3,(H,18,21). The minimum absolute atomic E-state index is 0.125. The van der Waals surface area contributed by atoms with Gasteiger partial charge in [0, 0.05) is 5.69 Å². The number of rotatable bonds is 6. The number of hydrogen-bond donors (Lipinski definition) is 2. The molecular formula is C16H22N2O5. The van der Waals surface area contributed by atoms with Gasteiger partial charge in [-0.1, -0.05) is 13.3 Å². The quantitative estimate of drug-likeness (QED) is 0.772. The van der Waals surface area contributed by atoms with E-state index < -0.39 is 23.4 Å². The van der Waals surface area contributed by atoms with Crippen molar-refractivity contribution in [2.75, 3.05) is 19.5 Å². The SMILES string of the molecule is CCCC(C)(N)C(=O)Nc1cc(C(=O)OC)cc(C(=O)OC)c1. The van der Waals surface area contributed by atoms with E-state index in [4.69, 9.17) is 5.73 Å². The number of benzene rings is 1. The molecule has 1 aromatic carbocycles. The molecule has 1 unspecified atom stereocenters. The first-order valence-corrected chi connectivity index (χ1v) is 7.17. The summed E-state index contributed by atoms with van der Waals surface area (Å²) in [4.78, 5) is 35.7. The fraction of sp³-hybridized carbons (Fsp3) is 0.438. The highest BCUT2D eigenvalue weighted by molar-refractivity contribution is 6.01. The molecule has 1 atom stereocenters. The molecule has 0 aliphatic heterocycles. The largest absolute Gasteiger partial charge is 0.465 e. The highest BCUT2D eigenvalue weighted by Crippen LogP contribution is 2.19. The topological polar surface area (TPSA) is 108 Å². The van der Waals surface area contributed by atoms with Gasteiger partial charge in [-0.25, -0.2) is 9.59 Å². The lowest BCUT2D eigenvalue weighted by atomic mass is 9.96. The van der Waals surface area contributed by atoms with E-state index >= 15 is 0 Å². The first kappa shape index (κ1) is 18.6. The smallest absolute Gasteiger partial charge is 0.337 e. The number of anilines is 1. The zero-order valence-electron chi connectivity index (χ0n) is 13.8. The van der Waals surface area contributed by atoms with Crippen molar-refractivity contribution in [1.29, 1.82) is 0 Å². The number of amides is 1. The lowest BCUT2D eigenvalue weighted by Crippen LogP contribution is -2.48. The molecular weight excluding hydrogens is 300 g/mol. The third kappa shape index (κ3) is 4.79. The first-order valence-electron chi connectivity index (χ1n) is 7.17. The molecule has 0 spiro atoms. The van der Waals surface area contributed by atoms with Crippen molar-refractivity contribution >= 4 is 23.5 Å². The van der Waals surface area contributed by atoms with Gasteiger partial charge < -0.3 is 20.5 Å². The molecule has 0 aliphatic rings. The Morgan fingerprint density at radius 3 is 1.96 bits per heavy atom. The lowest BCUT2D eigenvalue weighted by molar-refractivity contribution is -0.120. The van der Waals surface area contributed by atoms with E-state index in [1.807, 2.05) is 6.92 Å². The predicted molar refractivity (Wildman–Crippen MR) is 85.3 cm³/mol. The van der Waals surface area contributed by atoms with Crippen LogP contribution in [0.25, 0.3) is 0 Å². The van der Waals surface area contributed by atoms with Crippen LogP contribution in [0.4, 0.5) is 5.69 Å². The second kappa shape index (κ2) is 7.73. The van der Waals surface area contributed by atoms with E-state index in [9.17, 15) is 14.4 Å². The van der Waals surface area contributed by atoms with Gasteiger partial charge in [0.05, 0.1) is 30.9 Å². The molecule has 0 heterocycles. The van der Waals surface area contributed by atoms with Crippen molar-refractivity contribution in [3.05, 3.63) is 29.3 Å². The van der Waals surface area contributed by atoms with Crippen LogP contribution in [-0.4, -0.2) is 37.6 Å². The zero-order chi connectivity index (χ0) is 17.6. The molecule has 23 heavy (non-hydrogen) atoms. The fourth-order valence-electron chi connectivity index (χ4n) is 2.08. The Labute approximate surface area is 135 Å². The highest BCUT2D eigenvalue weighted by Gasteiger charge is 2.27. The summed E-state index contributed by atoms with van der Waals surface area (Å²) in [5, 5.41) is 2.63. The molecule has 0 radical (unpaired) electrons. The van der Waals surface area contributed by atoms with Crippen molar-refractivity contribution in [2.24, 2.45) is 5.73 Å². The second-order valence-electron chi connectivity index (χ2n) is 5.40. The normalized spacial score (nSPS) is 12.9. The summed E-state index contributed by atoms with van der Waals surface area (Å²) in [6, 6.07) is 4.16. The number of esters is 2. The van der Waals surface area contributed by atoms with Crippen LogP contribution in [-0.2, 0) is 14.3 Å². The maximum Gasteiger partial charge on any atom is 0.337 e. The summed E-state index contributed by atoms with van der Waals surface area (Å²) in [5.74, 6) is -1.66. The molecule has 1 aromatic rings. The highest BCUT2D eigenvalue weighted by atomic mass is 16.5. The second-order valence-corrected chi connectivity index (χ2v) is 5.40. The number of ether oxygens (including phenoxy) is 2. The number of carbonyl (C=O) groups is 3. The Morgan fingerprint density at radius 2 is 1.57 bits per heavy atom. The van der Waals surface area contributed by atoms with Crippen LogP contribution >= 0.6 is 0 Å². The van der Waals surface area contributed by atoms with Gasteiger partial charge in [0.2, 0.25) is 5.91 Å². The van der Waals surface area contributed by atoms with Crippen LogP contribution in [0.3, 0.4) is 0 Å². The van der Waals surface area contributed by atoms with Crippen molar-refractivity contribution in [3.8, 4) is 0 Å². The van der Waals surface area contributed by atoms with Crippen LogP contribution < -0.4 is 11.1 Å². The molecule has 0 aromatic heterocycles. The molecule has 7 heteroatoms. The molecule has 7 nitrogen and oxygen atoms in total. The average molecular weight is 322 g/mol. The molecule has 1 rings (SSSR count). The number of carbonyl (C=O) groups excluding carboxylic acids is 3. The maximum absolute atomic E-state index is 12.3. The summed E-state index contributed by atoms with van der Waals surface area (Å²) < 4.78 is 9.28. The fourth-order valence-corrected chi connectivity index (χ4v) is 2.08. The molecule has 126 valence electrons. The van der Waals surface area contributed by atoms with Crippen LogP contribution in [0.2, 0.25) is 0 Å². The number of nitrogens with two attached hydrogens (primary N) is 1. The average Bonchev–Trinajstić information content (AvgIpc) is 2.52. The van der Waals surface area contributed by atoms with Crippen LogP contribution in [0.1, 0.15) is 47.4 Å². The third-order valence-electron chi connectivity index (χ3n) is 3.32. The van der Waals surface area contributed by atoms with E-state index in [0.29, 0.717) is 6.42 Å². The van der Waals surface area contributed by atoms with Gasteiger partial charge in [0.1, 0.15) is 0 Å². The molecule has 0 saturated heterocycles. The van der Waals surface area contributed by atoms with Crippen LogP contribution in [0.15, 0.2) is 18.2 Å². The predicted octanol–water partition coefficient (Wildman–Crippen LogP) is 1.72. The van der Waals surface area contributed by atoms with E-state index in [1.165, 1.54) is 32.4 Å². The van der Waals surface area contributed by atoms with E-state index in [0.717, 1.165) is 6.42 Å². The van der Waals surface area contributed by atoms with Crippen molar-refractivity contribution in [3.63, 3.8) is 0 Å². The summed E-state index contributed by atoms with van der Waals surface area (Å²) in [5.41, 5.74) is 5.44.